The molecule has 9 heteroatoms. The molecule has 16 heavy (non-hydrogen) atoms. The van der Waals surface area contributed by atoms with Crippen LogP contribution in [-0.2, 0) is 17.4 Å². The van der Waals surface area contributed by atoms with Crippen molar-refractivity contribution in [3.8, 4) is 0 Å². The Morgan fingerprint density at radius 1 is 1.31 bits per heavy atom. The Morgan fingerprint density at radius 3 is 2.31 bits per heavy atom. The molecule has 1 aromatic carbocycles. The summed E-state index contributed by atoms with van der Waals surface area (Å²) >= 11 is -2.87. The maximum atomic E-state index is 12.8. The topological polar surface area (TPSA) is 52.2 Å². The number of benzene rings is 1. The monoisotopic (exact) mass is 265 g/mol. The zero-order chi connectivity index (χ0) is 11.6. The fourth-order valence-electron chi connectivity index (χ4n) is 0.870. The van der Waals surface area contributed by atoms with Gasteiger partial charge in [-0.3, -0.25) is 4.21 Å². The molecule has 85 valence electrons. The summed E-state index contributed by atoms with van der Waals surface area (Å²) in [5, 5.41) is 0. The largest absolute Gasteiger partial charge is 0.755 e. The molecule has 0 spiro atoms. The van der Waals surface area contributed by atoms with Crippen molar-refractivity contribution in [2.75, 3.05) is 4.72 Å². The second-order valence-electron chi connectivity index (χ2n) is 2.53. The van der Waals surface area contributed by atoms with Crippen LogP contribution < -0.4 is 4.72 Å². The smallest absolute Gasteiger partial charge is 0.416 e. The van der Waals surface area contributed by atoms with E-state index in [2.05, 4.69) is 0 Å². The quantitative estimate of drug-likeness (QED) is 0.502. The van der Waals surface area contributed by atoms with Gasteiger partial charge in [0.05, 0.1) is 11.3 Å². The normalized spacial score (nSPS) is 12.8. The molecule has 0 aliphatic carbocycles. The molecular weight excluding hydrogens is 261 g/mol. The van der Waals surface area contributed by atoms with E-state index < -0.39 is 34.5 Å². The molecule has 0 aromatic heterocycles. The Hall–Kier alpha value is -0.150. The van der Waals surface area contributed by atoms with Crippen molar-refractivity contribution < 1.29 is 26.3 Å². The number of nitrogens with one attached hydrogen (secondary N) is 1. The number of hydrogen-bond acceptors (Lipinski definition) is 2. The summed E-state index contributed by atoms with van der Waals surface area (Å²) in [5.74, 6) is -1.08. The van der Waals surface area contributed by atoms with Gasteiger partial charge in [-0.2, -0.15) is 13.2 Å². The number of rotatable bonds is 2. The van der Waals surface area contributed by atoms with E-state index in [0.29, 0.717) is 18.2 Å². The maximum Gasteiger partial charge on any atom is 0.416 e. The summed E-state index contributed by atoms with van der Waals surface area (Å²) in [7, 11) is 0. The molecule has 3 nitrogen and oxygen atoms in total. The van der Waals surface area contributed by atoms with Crippen LogP contribution in [0, 0.1) is 5.82 Å². The summed E-state index contributed by atoms with van der Waals surface area (Å²) in [5.41, 5.74) is -1.87. The van der Waals surface area contributed by atoms with Crippen LogP contribution in [0.4, 0.5) is 23.2 Å². The van der Waals surface area contributed by atoms with Crippen LogP contribution in [-0.4, -0.2) is 38.3 Å². The van der Waals surface area contributed by atoms with E-state index in [1.807, 2.05) is 0 Å². The van der Waals surface area contributed by atoms with Gasteiger partial charge in [-0.1, -0.05) is 0 Å². The molecule has 1 unspecified atom stereocenters. The SMILES string of the molecule is O=S([O-])Nc1cc(C(F)(F)F)ccc1F.[Na]. The molecule has 1 N–H and O–H groups in total. The Balaban J connectivity index is 0.00000225. The van der Waals surface area contributed by atoms with Crippen LogP contribution in [0.25, 0.3) is 0 Å². The maximum absolute atomic E-state index is 12.8. The van der Waals surface area contributed by atoms with Crippen molar-refractivity contribution in [2.45, 2.75) is 6.18 Å². The summed E-state index contributed by atoms with van der Waals surface area (Å²) in [4.78, 5) is 0. The van der Waals surface area contributed by atoms with Crippen LogP contribution >= 0.6 is 0 Å². The van der Waals surface area contributed by atoms with E-state index >= 15 is 0 Å². The molecular formula is C7H4F4NNaO2S-. The van der Waals surface area contributed by atoms with Gasteiger partial charge in [0.25, 0.3) is 0 Å². The van der Waals surface area contributed by atoms with E-state index in [9.17, 15) is 26.3 Å². The van der Waals surface area contributed by atoms with Crippen LogP contribution in [0.15, 0.2) is 18.2 Å². The molecule has 0 aliphatic heterocycles. The number of alkyl halides is 3. The van der Waals surface area contributed by atoms with E-state index in [1.165, 1.54) is 4.72 Å². The van der Waals surface area contributed by atoms with Crippen molar-refractivity contribution in [2.24, 2.45) is 0 Å². The van der Waals surface area contributed by atoms with Gasteiger partial charge in [0.2, 0.25) is 0 Å². The van der Waals surface area contributed by atoms with Crippen molar-refractivity contribution >= 4 is 46.5 Å². The zero-order valence-corrected chi connectivity index (χ0v) is 10.8. The van der Waals surface area contributed by atoms with Crippen LogP contribution in [0.3, 0.4) is 0 Å². The van der Waals surface area contributed by atoms with Crippen molar-refractivity contribution in [1.82, 2.24) is 0 Å². The molecule has 1 rings (SSSR count). The van der Waals surface area contributed by atoms with Gasteiger partial charge in [0.15, 0.2) is 0 Å². The Morgan fingerprint density at radius 2 is 1.88 bits per heavy atom. The molecule has 1 aromatic rings. The van der Waals surface area contributed by atoms with Gasteiger partial charge in [-0.05, 0) is 18.2 Å². The number of halogens is 4. The van der Waals surface area contributed by atoms with E-state index in [4.69, 9.17) is 0 Å². The van der Waals surface area contributed by atoms with Crippen LogP contribution in [0.5, 0.6) is 0 Å². The number of hydrogen-bond donors (Lipinski definition) is 1. The second-order valence-corrected chi connectivity index (χ2v) is 3.20. The Labute approximate surface area is 113 Å². The first-order valence-corrected chi connectivity index (χ1v) is 4.61. The Kier molecular flexibility index (Phi) is 5.91. The van der Waals surface area contributed by atoms with Crippen molar-refractivity contribution in [3.05, 3.63) is 29.6 Å². The summed E-state index contributed by atoms with van der Waals surface area (Å²) in [6, 6.07) is 1.44. The molecule has 0 aliphatic rings. The average molecular weight is 265 g/mol. The number of anilines is 1. The van der Waals surface area contributed by atoms with Gasteiger partial charge in [0.1, 0.15) is 5.82 Å². The first-order valence-electron chi connectivity index (χ1n) is 3.53. The molecule has 1 radical (unpaired) electrons. The molecule has 1 atom stereocenters. The van der Waals surface area contributed by atoms with Crippen LogP contribution in [0.2, 0.25) is 0 Å². The van der Waals surface area contributed by atoms with E-state index in [0.717, 1.165) is 0 Å². The predicted molar refractivity (Wildman–Crippen MR) is 49.7 cm³/mol. The van der Waals surface area contributed by atoms with E-state index in [1.54, 1.807) is 0 Å². The molecule has 0 amide bonds. The molecule has 0 bridgehead atoms. The minimum absolute atomic E-state index is 0. The molecule has 0 saturated carbocycles. The summed E-state index contributed by atoms with van der Waals surface area (Å²) < 4.78 is 71.0. The zero-order valence-electron chi connectivity index (χ0n) is 7.97. The molecule has 0 heterocycles. The fraction of sp³-hybridized carbons (Fsp3) is 0.143. The minimum Gasteiger partial charge on any atom is -0.755 e. The standard InChI is InChI=1S/C7H5F4NO2S.Na/c8-5-2-1-4(7(9,10)11)3-6(5)12-15(13)14;/h1-3,12H,(H,13,14);/p-1. The van der Waals surface area contributed by atoms with Crippen molar-refractivity contribution in [1.29, 1.82) is 0 Å². The van der Waals surface area contributed by atoms with Crippen LogP contribution in [0.1, 0.15) is 5.56 Å². The fourth-order valence-corrected chi connectivity index (χ4v) is 1.21. The van der Waals surface area contributed by atoms with Gasteiger partial charge < -0.3 is 9.27 Å². The predicted octanol–water partition coefficient (Wildman–Crippen LogP) is 1.67. The molecule has 0 fully saturated rings. The average Bonchev–Trinajstić information content (AvgIpc) is 2.06. The van der Waals surface area contributed by atoms with Gasteiger partial charge in [0, 0.05) is 40.8 Å². The van der Waals surface area contributed by atoms with E-state index in [-0.39, 0.29) is 29.6 Å². The first kappa shape index (κ1) is 15.9. The minimum atomic E-state index is -4.64. The Bertz CT molecular complexity index is 398. The summed E-state index contributed by atoms with van der Waals surface area (Å²) in [6.07, 6.45) is -4.64. The second kappa shape index (κ2) is 5.97. The van der Waals surface area contributed by atoms with Gasteiger partial charge in [-0.25, -0.2) is 4.39 Å². The first-order chi connectivity index (χ1) is 6.80. The third-order valence-corrected chi connectivity index (χ3v) is 1.87. The van der Waals surface area contributed by atoms with Gasteiger partial charge in [-0.15, -0.1) is 0 Å². The molecule has 0 saturated heterocycles. The van der Waals surface area contributed by atoms with Crippen molar-refractivity contribution in [3.63, 3.8) is 0 Å². The summed E-state index contributed by atoms with van der Waals surface area (Å²) in [6.45, 7) is 0. The third-order valence-electron chi connectivity index (χ3n) is 1.49. The van der Waals surface area contributed by atoms with Gasteiger partial charge >= 0.3 is 6.18 Å². The third kappa shape index (κ3) is 4.38.